The van der Waals surface area contributed by atoms with Gasteiger partial charge >= 0.3 is 0 Å². The summed E-state index contributed by atoms with van der Waals surface area (Å²) in [6.07, 6.45) is 2.10. The lowest BCUT2D eigenvalue weighted by molar-refractivity contribution is 0.0949. The van der Waals surface area contributed by atoms with E-state index in [2.05, 4.69) is 22.2 Å². The van der Waals surface area contributed by atoms with Gasteiger partial charge in [-0.15, -0.1) is 0 Å². The highest BCUT2D eigenvalue weighted by atomic mass is 32.2. The molecule has 3 aromatic rings. The van der Waals surface area contributed by atoms with Crippen molar-refractivity contribution in [1.82, 2.24) is 5.32 Å². The Labute approximate surface area is 170 Å². The number of amides is 1. The highest BCUT2D eigenvalue weighted by Crippen LogP contribution is 2.47. The van der Waals surface area contributed by atoms with Crippen molar-refractivity contribution in [3.8, 4) is 0 Å². The predicted octanol–water partition coefficient (Wildman–Crippen LogP) is 3.95. The molecule has 0 heterocycles. The van der Waals surface area contributed by atoms with Crippen LogP contribution in [-0.4, -0.2) is 20.9 Å². The van der Waals surface area contributed by atoms with Gasteiger partial charge < -0.3 is 5.32 Å². The molecule has 4 rings (SSSR count). The van der Waals surface area contributed by atoms with Crippen LogP contribution in [0.2, 0.25) is 0 Å². The average molecular weight is 407 g/mol. The average Bonchev–Trinajstić information content (AvgIpc) is 3.54. The molecule has 6 heteroatoms. The van der Waals surface area contributed by atoms with E-state index < -0.39 is 10.0 Å². The van der Waals surface area contributed by atoms with Crippen LogP contribution in [0, 0.1) is 0 Å². The summed E-state index contributed by atoms with van der Waals surface area (Å²) in [6, 6.07) is 24.9. The number of rotatable bonds is 7. The molecule has 0 bridgehead atoms. The molecule has 1 amide bonds. The molecule has 1 aliphatic carbocycles. The Hall–Kier alpha value is -3.12. The number of anilines is 1. The third-order valence-electron chi connectivity index (χ3n) is 5.26. The predicted molar refractivity (Wildman–Crippen MR) is 113 cm³/mol. The van der Waals surface area contributed by atoms with Crippen molar-refractivity contribution in [1.29, 1.82) is 0 Å². The molecule has 0 spiro atoms. The quantitative estimate of drug-likeness (QED) is 0.624. The van der Waals surface area contributed by atoms with Gasteiger partial charge in [0.2, 0.25) is 0 Å². The van der Waals surface area contributed by atoms with E-state index in [1.54, 1.807) is 42.5 Å². The van der Waals surface area contributed by atoms with Gasteiger partial charge in [0.05, 0.1) is 4.90 Å². The Morgan fingerprint density at radius 1 is 0.862 bits per heavy atom. The SMILES string of the molecule is O=C(NCC1(c2ccccc2)CC1)c1cccc(NS(=O)(=O)c2ccccc2)c1. The molecule has 2 N–H and O–H groups in total. The van der Waals surface area contributed by atoms with Crippen LogP contribution in [0.4, 0.5) is 5.69 Å². The van der Waals surface area contributed by atoms with E-state index in [0.717, 1.165) is 12.8 Å². The largest absolute Gasteiger partial charge is 0.351 e. The molecule has 0 saturated heterocycles. The van der Waals surface area contributed by atoms with Gasteiger partial charge in [-0.05, 0) is 48.7 Å². The third-order valence-corrected chi connectivity index (χ3v) is 6.65. The molecule has 1 fully saturated rings. The van der Waals surface area contributed by atoms with Crippen molar-refractivity contribution >= 4 is 21.6 Å². The maximum Gasteiger partial charge on any atom is 0.261 e. The third kappa shape index (κ3) is 4.32. The molecule has 3 aromatic carbocycles. The standard InChI is InChI=1S/C23H22N2O3S/c26-22(24-17-23(14-15-23)19-9-3-1-4-10-19)18-8-7-11-20(16-18)25-29(27,28)21-12-5-2-6-13-21/h1-13,16,25H,14-15,17H2,(H,24,26). The molecule has 1 saturated carbocycles. The highest BCUT2D eigenvalue weighted by Gasteiger charge is 2.44. The molecule has 0 aliphatic heterocycles. The van der Waals surface area contributed by atoms with Crippen LogP contribution in [0.5, 0.6) is 0 Å². The lowest BCUT2D eigenvalue weighted by atomic mass is 9.96. The Balaban J connectivity index is 1.44. The van der Waals surface area contributed by atoms with Gasteiger partial charge in [-0.1, -0.05) is 54.6 Å². The number of carbonyl (C=O) groups is 1. The number of carbonyl (C=O) groups excluding carboxylic acids is 1. The topological polar surface area (TPSA) is 75.3 Å². The fraction of sp³-hybridized carbons (Fsp3) is 0.174. The van der Waals surface area contributed by atoms with E-state index in [9.17, 15) is 13.2 Å². The van der Waals surface area contributed by atoms with Crippen LogP contribution >= 0.6 is 0 Å². The van der Waals surface area contributed by atoms with Crippen LogP contribution < -0.4 is 10.0 Å². The van der Waals surface area contributed by atoms with Crippen molar-refractivity contribution in [2.24, 2.45) is 0 Å². The maximum absolute atomic E-state index is 12.6. The summed E-state index contributed by atoms with van der Waals surface area (Å²) in [4.78, 5) is 12.8. The minimum atomic E-state index is -3.70. The molecule has 0 unspecified atom stereocenters. The van der Waals surface area contributed by atoms with E-state index in [-0.39, 0.29) is 16.2 Å². The monoisotopic (exact) mass is 406 g/mol. The number of nitrogens with one attached hydrogen (secondary N) is 2. The van der Waals surface area contributed by atoms with Crippen LogP contribution in [0.25, 0.3) is 0 Å². The van der Waals surface area contributed by atoms with Crippen molar-refractivity contribution in [2.75, 3.05) is 11.3 Å². The second-order valence-electron chi connectivity index (χ2n) is 7.33. The number of hydrogen-bond acceptors (Lipinski definition) is 3. The number of hydrogen-bond donors (Lipinski definition) is 2. The van der Waals surface area contributed by atoms with Crippen molar-refractivity contribution in [3.63, 3.8) is 0 Å². The normalized spacial score (nSPS) is 14.8. The summed E-state index contributed by atoms with van der Waals surface area (Å²) in [5.41, 5.74) is 2.03. The fourth-order valence-corrected chi connectivity index (χ4v) is 4.47. The van der Waals surface area contributed by atoms with Crippen molar-refractivity contribution in [3.05, 3.63) is 96.1 Å². The zero-order valence-corrected chi connectivity index (χ0v) is 16.7. The summed E-state index contributed by atoms with van der Waals surface area (Å²) in [5.74, 6) is -0.215. The second kappa shape index (κ2) is 7.72. The Bertz CT molecular complexity index is 1110. The first-order valence-corrected chi connectivity index (χ1v) is 11.0. The smallest absolute Gasteiger partial charge is 0.261 e. The first-order valence-electron chi connectivity index (χ1n) is 9.50. The van der Waals surface area contributed by atoms with Crippen molar-refractivity contribution < 1.29 is 13.2 Å². The highest BCUT2D eigenvalue weighted by molar-refractivity contribution is 7.92. The van der Waals surface area contributed by atoms with Gasteiger partial charge in [0, 0.05) is 23.2 Å². The van der Waals surface area contributed by atoms with Gasteiger partial charge in [0.25, 0.3) is 15.9 Å². The van der Waals surface area contributed by atoms with Crippen LogP contribution in [0.15, 0.2) is 89.8 Å². The van der Waals surface area contributed by atoms with E-state index in [1.807, 2.05) is 18.2 Å². The van der Waals surface area contributed by atoms with Crippen LogP contribution in [0.1, 0.15) is 28.8 Å². The Kier molecular flexibility index (Phi) is 5.11. The molecule has 0 radical (unpaired) electrons. The molecule has 1 aliphatic rings. The minimum Gasteiger partial charge on any atom is -0.351 e. The van der Waals surface area contributed by atoms with Crippen molar-refractivity contribution in [2.45, 2.75) is 23.2 Å². The first kappa shape index (κ1) is 19.2. The number of benzene rings is 3. The molecular formula is C23H22N2O3S. The molecule has 0 aromatic heterocycles. The van der Waals surface area contributed by atoms with Gasteiger partial charge in [-0.2, -0.15) is 0 Å². The molecule has 148 valence electrons. The lowest BCUT2D eigenvalue weighted by Crippen LogP contribution is -2.32. The zero-order valence-electron chi connectivity index (χ0n) is 15.8. The second-order valence-corrected chi connectivity index (χ2v) is 9.01. The van der Waals surface area contributed by atoms with E-state index in [0.29, 0.717) is 17.8 Å². The van der Waals surface area contributed by atoms with Gasteiger partial charge in [-0.3, -0.25) is 9.52 Å². The Morgan fingerprint density at radius 3 is 2.17 bits per heavy atom. The summed E-state index contributed by atoms with van der Waals surface area (Å²) in [7, 11) is -3.70. The summed E-state index contributed by atoms with van der Waals surface area (Å²) < 4.78 is 27.5. The van der Waals surface area contributed by atoms with E-state index >= 15 is 0 Å². The molecular weight excluding hydrogens is 384 g/mol. The van der Waals surface area contributed by atoms with Gasteiger partial charge in [0.1, 0.15) is 0 Å². The number of sulfonamides is 1. The van der Waals surface area contributed by atoms with Gasteiger partial charge in [0.15, 0.2) is 0 Å². The van der Waals surface area contributed by atoms with Gasteiger partial charge in [-0.25, -0.2) is 8.42 Å². The first-order chi connectivity index (χ1) is 14.0. The van der Waals surface area contributed by atoms with E-state index in [1.165, 1.54) is 17.7 Å². The van der Waals surface area contributed by atoms with Crippen LogP contribution in [-0.2, 0) is 15.4 Å². The Morgan fingerprint density at radius 2 is 1.52 bits per heavy atom. The molecule has 29 heavy (non-hydrogen) atoms. The summed E-state index contributed by atoms with van der Waals surface area (Å²) in [5, 5.41) is 3.01. The fourth-order valence-electron chi connectivity index (χ4n) is 3.40. The van der Waals surface area contributed by atoms with Crippen LogP contribution in [0.3, 0.4) is 0 Å². The minimum absolute atomic E-state index is 0.0173. The zero-order chi connectivity index (χ0) is 20.3. The van der Waals surface area contributed by atoms with E-state index in [4.69, 9.17) is 0 Å². The molecule has 0 atom stereocenters. The lowest BCUT2D eigenvalue weighted by Gasteiger charge is -2.17. The summed E-state index contributed by atoms with van der Waals surface area (Å²) >= 11 is 0. The summed E-state index contributed by atoms with van der Waals surface area (Å²) in [6.45, 7) is 0.565. The maximum atomic E-state index is 12.6. The molecule has 5 nitrogen and oxygen atoms in total.